The SMILES string of the molecule is CNCC1CC(OCc2ccc(Br)s2)C1. The molecule has 1 aromatic heterocycles. The molecule has 0 aliphatic heterocycles. The molecule has 4 heteroatoms. The van der Waals surface area contributed by atoms with Crippen LogP contribution >= 0.6 is 27.3 Å². The molecule has 0 bridgehead atoms. The average Bonchev–Trinajstić information content (AvgIpc) is 2.55. The molecule has 0 saturated heterocycles. The van der Waals surface area contributed by atoms with Gasteiger partial charge in [-0.25, -0.2) is 0 Å². The van der Waals surface area contributed by atoms with Gasteiger partial charge in [-0.05, 0) is 60.4 Å². The molecule has 2 rings (SSSR count). The lowest BCUT2D eigenvalue weighted by molar-refractivity contribution is -0.0381. The summed E-state index contributed by atoms with van der Waals surface area (Å²) in [6, 6.07) is 4.20. The second-order valence-electron chi connectivity index (χ2n) is 4.03. The molecule has 0 radical (unpaired) electrons. The van der Waals surface area contributed by atoms with Gasteiger partial charge in [-0.1, -0.05) is 0 Å². The van der Waals surface area contributed by atoms with E-state index in [0.29, 0.717) is 6.10 Å². The first-order valence-electron chi connectivity index (χ1n) is 5.28. The van der Waals surface area contributed by atoms with Crippen molar-refractivity contribution in [2.75, 3.05) is 13.6 Å². The maximum absolute atomic E-state index is 5.82. The Kier molecular flexibility index (Phi) is 4.20. The van der Waals surface area contributed by atoms with Crippen LogP contribution in [0.3, 0.4) is 0 Å². The van der Waals surface area contributed by atoms with E-state index in [2.05, 4.69) is 33.4 Å². The summed E-state index contributed by atoms with van der Waals surface area (Å²) in [6.07, 6.45) is 2.92. The van der Waals surface area contributed by atoms with Gasteiger partial charge >= 0.3 is 0 Å². The number of thiophene rings is 1. The fourth-order valence-electron chi connectivity index (χ4n) is 1.90. The monoisotopic (exact) mass is 289 g/mol. The predicted octanol–water partition coefficient (Wildman–Crippen LogP) is 3.03. The third-order valence-corrected chi connectivity index (χ3v) is 4.37. The molecule has 0 amide bonds. The number of nitrogens with one attached hydrogen (secondary N) is 1. The van der Waals surface area contributed by atoms with Crippen molar-refractivity contribution in [2.24, 2.45) is 5.92 Å². The summed E-state index contributed by atoms with van der Waals surface area (Å²) >= 11 is 5.21. The van der Waals surface area contributed by atoms with Crippen LogP contribution in [-0.2, 0) is 11.3 Å². The average molecular weight is 290 g/mol. The Hall–Kier alpha value is 0.1000. The molecular weight excluding hydrogens is 274 g/mol. The van der Waals surface area contributed by atoms with Crippen molar-refractivity contribution in [1.82, 2.24) is 5.32 Å². The Morgan fingerprint density at radius 3 is 2.93 bits per heavy atom. The number of hydrogen-bond donors (Lipinski definition) is 1. The van der Waals surface area contributed by atoms with Crippen LogP contribution in [0.5, 0.6) is 0 Å². The van der Waals surface area contributed by atoms with Crippen molar-refractivity contribution in [3.05, 3.63) is 20.8 Å². The van der Waals surface area contributed by atoms with Crippen LogP contribution in [0.2, 0.25) is 0 Å². The molecule has 1 heterocycles. The largest absolute Gasteiger partial charge is 0.373 e. The Labute approximate surface area is 103 Å². The quantitative estimate of drug-likeness (QED) is 0.900. The highest BCUT2D eigenvalue weighted by atomic mass is 79.9. The van der Waals surface area contributed by atoms with Gasteiger partial charge in [-0.2, -0.15) is 0 Å². The van der Waals surface area contributed by atoms with Crippen LogP contribution in [0.4, 0.5) is 0 Å². The molecule has 0 unspecified atom stereocenters. The summed E-state index contributed by atoms with van der Waals surface area (Å²) < 4.78 is 7.00. The third kappa shape index (κ3) is 3.28. The van der Waals surface area contributed by atoms with E-state index in [-0.39, 0.29) is 0 Å². The van der Waals surface area contributed by atoms with E-state index < -0.39 is 0 Å². The molecule has 0 atom stereocenters. The summed E-state index contributed by atoms with van der Waals surface area (Å²) in [5, 5.41) is 3.21. The first-order valence-corrected chi connectivity index (χ1v) is 6.89. The Bertz CT molecular complexity index is 309. The fourth-order valence-corrected chi connectivity index (χ4v) is 3.30. The summed E-state index contributed by atoms with van der Waals surface area (Å²) in [4.78, 5) is 1.30. The van der Waals surface area contributed by atoms with E-state index in [1.54, 1.807) is 11.3 Å². The molecule has 1 aromatic rings. The van der Waals surface area contributed by atoms with Crippen LogP contribution in [0.15, 0.2) is 15.9 Å². The smallest absolute Gasteiger partial charge is 0.0813 e. The predicted molar refractivity (Wildman–Crippen MR) is 67.2 cm³/mol. The molecular formula is C11H16BrNOS. The van der Waals surface area contributed by atoms with E-state index in [1.807, 2.05) is 7.05 Å². The maximum Gasteiger partial charge on any atom is 0.0813 e. The minimum Gasteiger partial charge on any atom is -0.373 e. The van der Waals surface area contributed by atoms with E-state index in [9.17, 15) is 0 Å². The van der Waals surface area contributed by atoms with Crippen LogP contribution in [0.1, 0.15) is 17.7 Å². The third-order valence-electron chi connectivity index (χ3n) is 2.78. The van der Waals surface area contributed by atoms with Gasteiger partial charge in [0.2, 0.25) is 0 Å². The van der Waals surface area contributed by atoms with E-state index in [1.165, 1.54) is 21.5 Å². The highest BCUT2D eigenvalue weighted by Gasteiger charge is 2.28. The van der Waals surface area contributed by atoms with Gasteiger partial charge in [0, 0.05) is 4.88 Å². The molecule has 1 fully saturated rings. The fraction of sp³-hybridized carbons (Fsp3) is 0.636. The zero-order chi connectivity index (χ0) is 10.7. The summed E-state index contributed by atoms with van der Waals surface area (Å²) in [5.41, 5.74) is 0. The van der Waals surface area contributed by atoms with E-state index >= 15 is 0 Å². The molecule has 1 aliphatic carbocycles. The maximum atomic E-state index is 5.82. The minimum absolute atomic E-state index is 0.490. The molecule has 15 heavy (non-hydrogen) atoms. The van der Waals surface area contributed by atoms with Crippen LogP contribution in [-0.4, -0.2) is 19.7 Å². The molecule has 1 N–H and O–H groups in total. The highest BCUT2D eigenvalue weighted by Crippen LogP contribution is 2.31. The molecule has 0 spiro atoms. The number of rotatable bonds is 5. The van der Waals surface area contributed by atoms with Crippen molar-refractivity contribution in [3.63, 3.8) is 0 Å². The number of hydrogen-bond acceptors (Lipinski definition) is 3. The zero-order valence-corrected chi connectivity index (χ0v) is 11.2. The van der Waals surface area contributed by atoms with Gasteiger partial charge in [-0.15, -0.1) is 11.3 Å². The van der Waals surface area contributed by atoms with Crippen molar-refractivity contribution >= 4 is 27.3 Å². The lowest BCUT2D eigenvalue weighted by Gasteiger charge is -2.34. The van der Waals surface area contributed by atoms with Crippen molar-refractivity contribution in [2.45, 2.75) is 25.6 Å². The van der Waals surface area contributed by atoms with Crippen LogP contribution in [0.25, 0.3) is 0 Å². The second kappa shape index (κ2) is 5.43. The first-order chi connectivity index (χ1) is 7.28. The summed E-state index contributed by atoms with van der Waals surface area (Å²) in [7, 11) is 2.01. The second-order valence-corrected chi connectivity index (χ2v) is 6.58. The molecule has 84 valence electrons. The Morgan fingerprint density at radius 2 is 2.33 bits per heavy atom. The Balaban J connectivity index is 1.64. The van der Waals surface area contributed by atoms with Crippen molar-refractivity contribution < 1.29 is 4.74 Å². The lowest BCUT2D eigenvalue weighted by Crippen LogP contribution is -2.36. The molecule has 1 aliphatic rings. The standard InChI is InChI=1S/C11H16BrNOS/c1-13-6-8-4-9(5-8)14-7-10-2-3-11(12)15-10/h2-3,8-9,13H,4-7H2,1H3. The van der Waals surface area contributed by atoms with Gasteiger partial charge in [0.05, 0.1) is 16.5 Å². The van der Waals surface area contributed by atoms with Crippen LogP contribution in [0, 0.1) is 5.92 Å². The van der Waals surface area contributed by atoms with Gasteiger partial charge < -0.3 is 10.1 Å². The van der Waals surface area contributed by atoms with E-state index in [0.717, 1.165) is 19.1 Å². The van der Waals surface area contributed by atoms with Gasteiger partial charge in [-0.3, -0.25) is 0 Å². The van der Waals surface area contributed by atoms with E-state index in [4.69, 9.17) is 4.74 Å². The number of halogens is 1. The summed E-state index contributed by atoms with van der Waals surface area (Å²) in [5.74, 6) is 0.829. The Morgan fingerprint density at radius 1 is 1.53 bits per heavy atom. The van der Waals surface area contributed by atoms with Gasteiger partial charge in [0.1, 0.15) is 0 Å². The zero-order valence-electron chi connectivity index (χ0n) is 8.83. The minimum atomic E-state index is 0.490. The topological polar surface area (TPSA) is 21.3 Å². The van der Waals surface area contributed by atoms with Crippen LogP contribution < -0.4 is 5.32 Å². The van der Waals surface area contributed by atoms with Crippen molar-refractivity contribution in [1.29, 1.82) is 0 Å². The number of ether oxygens (including phenoxy) is 1. The lowest BCUT2D eigenvalue weighted by atomic mass is 9.82. The summed E-state index contributed by atoms with van der Waals surface area (Å²) in [6.45, 7) is 1.90. The van der Waals surface area contributed by atoms with Gasteiger partial charge in [0.15, 0.2) is 0 Å². The molecule has 2 nitrogen and oxygen atoms in total. The first kappa shape index (κ1) is 11.6. The molecule has 1 saturated carbocycles. The highest BCUT2D eigenvalue weighted by molar-refractivity contribution is 9.11. The normalized spacial score (nSPS) is 25.2. The van der Waals surface area contributed by atoms with Gasteiger partial charge in [0.25, 0.3) is 0 Å². The molecule has 0 aromatic carbocycles. The van der Waals surface area contributed by atoms with Crippen molar-refractivity contribution in [3.8, 4) is 0 Å².